The lowest BCUT2D eigenvalue weighted by molar-refractivity contribution is -0.120. The second-order valence-electron chi connectivity index (χ2n) is 5.59. The molecule has 1 amide bonds. The summed E-state index contributed by atoms with van der Waals surface area (Å²) in [6, 6.07) is 27.2. The van der Waals surface area contributed by atoms with Gasteiger partial charge in [-0.3, -0.25) is 4.79 Å². The van der Waals surface area contributed by atoms with Gasteiger partial charge in [0, 0.05) is 5.02 Å². The minimum absolute atomic E-state index is 0.0548. The summed E-state index contributed by atoms with van der Waals surface area (Å²) in [5.74, 6) is -0.0548. The molecule has 0 atom stereocenters. The molecule has 0 aromatic heterocycles. The number of hydrogen-bond acceptors (Lipinski definition) is 1. The van der Waals surface area contributed by atoms with E-state index in [0.29, 0.717) is 5.02 Å². The fraction of sp³-hybridized carbons (Fsp3) is 0.0952. The van der Waals surface area contributed by atoms with Crippen molar-refractivity contribution in [3.8, 4) is 0 Å². The quantitative estimate of drug-likeness (QED) is 0.713. The minimum atomic E-state index is -0.178. The van der Waals surface area contributed by atoms with Crippen LogP contribution in [0.15, 0.2) is 84.9 Å². The standard InChI is InChI=1S/C21H18ClNO/c22-19-14-8-7-13-18(19)15-20(24)23-21(16-9-3-1-4-10-16)17-11-5-2-6-12-17/h1-14,21H,15H2,(H,23,24). The second kappa shape index (κ2) is 7.80. The van der Waals surface area contributed by atoms with Crippen LogP contribution in [0.4, 0.5) is 0 Å². The molecule has 3 heteroatoms. The van der Waals surface area contributed by atoms with E-state index in [1.54, 1.807) is 6.07 Å². The number of benzene rings is 3. The Labute approximate surface area is 147 Å². The third kappa shape index (κ3) is 4.03. The number of halogens is 1. The topological polar surface area (TPSA) is 29.1 Å². The summed E-state index contributed by atoms with van der Waals surface area (Å²) in [4.78, 5) is 12.6. The van der Waals surface area contributed by atoms with E-state index < -0.39 is 0 Å². The fourth-order valence-electron chi connectivity index (χ4n) is 2.68. The molecule has 0 radical (unpaired) electrons. The molecule has 0 heterocycles. The summed E-state index contributed by atoms with van der Waals surface area (Å²) in [5.41, 5.74) is 2.93. The fourth-order valence-corrected chi connectivity index (χ4v) is 2.88. The molecule has 0 fully saturated rings. The summed E-state index contributed by atoms with van der Waals surface area (Å²) in [6.07, 6.45) is 0.260. The maximum Gasteiger partial charge on any atom is 0.225 e. The van der Waals surface area contributed by atoms with Crippen LogP contribution >= 0.6 is 11.6 Å². The van der Waals surface area contributed by atoms with Crippen LogP contribution < -0.4 is 5.32 Å². The van der Waals surface area contributed by atoms with E-state index in [1.807, 2.05) is 78.9 Å². The monoisotopic (exact) mass is 335 g/mol. The van der Waals surface area contributed by atoms with Crippen molar-refractivity contribution in [3.63, 3.8) is 0 Å². The van der Waals surface area contributed by atoms with E-state index in [9.17, 15) is 4.79 Å². The zero-order chi connectivity index (χ0) is 16.8. The molecule has 0 aliphatic rings. The van der Waals surface area contributed by atoms with Crippen LogP contribution in [0.5, 0.6) is 0 Å². The lowest BCUT2D eigenvalue weighted by Gasteiger charge is -2.20. The highest BCUT2D eigenvalue weighted by Crippen LogP contribution is 2.22. The number of rotatable bonds is 5. The van der Waals surface area contributed by atoms with Crippen molar-refractivity contribution in [1.29, 1.82) is 0 Å². The summed E-state index contributed by atoms with van der Waals surface area (Å²) < 4.78 is 0. The zero-order valence-electron chi connectivity index (χ0n) is 13.2. The molecule has 120 valence electrons. The average Bonchev–Trinajstić information content (AvgIpc) is 2.63. The van der Waals surface area contributed by atoms with Crippen LogP contribution in [-0.2, 0) is 11.2 Å². The molecule has 0 spiro atoms. The minimum Gasteiger partial charge on any atom is -0.345 e. The Morgan fingerprint density at radius 3 is 1.83 bits per heavy atom. The highest BCUT2D eigenvalue weighted by Gasteiger charge is 2.17. The van der Waals surface area contributed by atoms with Gasteiger partial charge in [-0.1, -0.05) is 90.5 Å². The predicted molar refractivity (Wildman–Crippen MR) is 98.0 cm³/mol. The lowest BCUT2D eigenvalue weighted by atomic mass is 9.98. The van der Waals surface area contributed by atoms with E-state index in [0.717, 1.165) is 16.7 Å². The summed E-state index contributed by atoms with van der Waals surface area (Å²) in [6.45, 7) is 0. The van der Waals surface area contributed by atoms with Gasteiger partial charge in [0.25, 0.3) is 0 Å². The van der Waals surface area contributed by atoms with Crippen LogP contribution in [0.2, 0.25) is 5.02 Å². The van der Waals surface area contributed by atoms with Gasteiger partial charge >= 0.3 is 0 Å². The third-order valence-corrected chi connectivity index (χ3v) is 4.25. The Morgan fingerprint density at radius 1 is 0.792 bits per heavy atom. The van der Waals surface area contributed by atoms with Crippen LogP contribution in [0.3, 0.4) is 0 Å². The van der Waals surface area contributed by atoms with E-state index in [4.69, 9.17) is 11.6 Å². The highest BCUT2D eigenvalue weighted by molar-refractivity contribution is 6.31. The number of carbonyl (C=O) groups excluding carboxylic acids is 1. The number of nitrogens with one attached hydrogen (secondary N) is 1. The first-order valence-electron chi connectivity index (χ1n) is 7.86. The van der Waals surface area contributed by atoms with Crippen molar-refractivity contribution in [1.82, 2.24) is 5.32 Å². The van der Waals surface area contributed by atoms with Gasteiger partial charge in [-0.2, -0.15) is 0 Å². The maximum absolute atomic E-state index is 12.6. The summed E-state index contributed by atoms with van der Waals surface area (Å²) in [5, 5.41) is 3.74. The van der Waals surface area contributed by atoms with E-state index >= 15 is 0 Å². The molecular formula is C21H18ClNO. The van der Waals surface area contributed by atoms with Crippen LogP contribution in [-0.4, -0.2) is 5.91 Å². The molecule has 0 saturated carbocycles. The van der Waals surface area contributed by atoms with Gasteiger partial charge < -0.3 is 5.32 Å². The first kappa shape index (κ1) is 16.3. The smallest absolute Gasteiger partial charge is 0.225 e. The molecule has 0 aliphatic carbocycles. The van der Waals surface area contributed by atoms with Crippen molar-refractivity contribution in [2.45, 2.75) is 12.5 Å². The van der Waals surface area contributed by atoms with Crippen molar-refractivity contribution < 1.29 is 4.79 Å². The second-order valence-corrected chi connectivity index (χ2v) is 6.00. The van der Waals surface area contributed by atoms with Gasteiger partial charge in [0.1, 0.15) is 0 Å². The zero-order valence-corrected chi connectivity index (χ0v) is 13.9. The molecule has 0 bridgehead atoms. The van der Waals surface area contributed by atoms with Crippen molar-refractivity contribution in [2.75, 3.05) is 0 Å². The van der Waals surface area contributed by atoms with Gasteiger partial charge in [-0.25, -0.2) is 0 Å². The van der Waals surface area contributed by atoms with Gasteiger partial charge in [0.05, 0.1) is 12.5 Å². The van der Waals surface area contributed by atoms with E-state index in [1.165, 1.54) is 0 Å². The largest absolute Gasteiger partial charge is 0.345 e. The molecule has 3 aromatic carbocycles. The third-order valence-electron chi connectivity index (χ3n) is 3.88. The Balaban J connectivity index is 1.82. The molecular weight excluding hydrogens is 318 g/mol. The number of amides is 1. The SMILES string of the molecule is O=C(Cc1ccccc1Cl)NC(c1ccccc1)c1ccccc1. The summed E-state index contributed by atoms with van der Waals surface area (Å²) in [7, 11) is 0. The van der Waals surface area contributed by atoms with Gasteiger partial charge in [-0.15, -0.1) is 0 Å². The number of hydrogen-bond donors (Lipinski definition) is 1. The molecule has 1 N–H and O–H groups in total. The maximum atomic E-state index is 12.6. The average molecular weight is 336 g/mol. The van der Waals surface area contributed by atoms with E-state index in [2.05, 4.69) is 5.32 Å². The van der Waals surface area contributed by atoms with Gasteiger partial charge in [0.2, 0.25) is 5.91 Å². The first-order valence-corrected chi connectivity index (χ1v) is 8.24. The normalized spacial score (nSPS) is 10.6. The van der Waals surface area contributed by atoms with Crippen LogP contribution in [0, 0.1) is 0 Å². The molecule has 0 unspecified atom stereocenters. The molecule has 3 aromatic rings. The molecule has 24 heavy (non-hydrogen) atoms. The number of carbonyl (C=O) groups is 1. The van der Waals surface area contributed by atoms with Crippen molar-refractivity contribution in [3.05, 3.63) is 107 Å². The van der Waals surface area contributed by atoms with Gasteiger partial charge in [0.15, 0.2) is 0 Å². The van der Waals surface area contributed by atoms with Crippen LogP contribution in [0.1, 0.15) is 22.7 Å². The van der Waals surface area contributed by atoms with Crippen molar-refractivity contribution in [2.24, 2.45) is 0 Å². The molecule has 2 nitrogen and oxygen atoms in total. The lowest BCUT2D eigenvalue weighted by Crippen LogP contribution is -2.30. The predicted octanol–water partition coefficient (Wildman–Crippen LogP) is 4.79. The molecule has 0 aliphatic heterocycles. The highest BCUT2D eigenvalue weighted by atomic mass is 35.5. The first-order chi connectivity index (χ1) is 11.7. The van der Waals surface area contributed by atoms with Gasteiger partial charge in [-0.05, 0) is 22.8 Å². The Morgan fingerprint density at radius 2 is 1.29 bits per heavy atom. The summed E-state index contributed by atoms with van der Waals surface area (Å²) >= 11 is 6.16. The Bertz CT molecular complexity index is 763. The molecule has 3 rings (SSSR count). The van der Waals surface area contributed by atoms with Crippen LogP contribution in [0.25, 0.3) is 0 Å². The Kier molecular flexibility index (Phi) is 5.29. The van der Waals surface area contributed by atoms with E-state index in [-0.39, 0.29) is 18.4 Å². The molecule has 0 saturated heterocycles. The Hall–Kier alpha value is -2.58. The van der Waals surface area contributed by atoms with Crippen molar-refractivity contribution >= 4 is 17.5 Å².